The third-order valence-electron chi connectivity index (χ3n) is 4.62. The molecule has 1 aliphatic heterocycles. The van der Waals surface area contributed by atoms with E-state index in [2.05, 4.69) is 0 Å². The van der Waals surface area contributed by atoms with Crippen molar-refractivity contribution in [2.24, 2.45) is 0 Å². The third kappa shape index (κ3) is 2.83. The van der Waals surface area contributed by atoms with Gasteiger partial charge in [-0.15, -0.1) is 0 Å². The van der Waals surface area contributed by atoms with Crippen LogP contribution in [0.2, 0.25) is 0 Å². The van der Waals surface area contributed by atoms with Crippen molar-refractivity contribution in [2.45, 2.75) is 25.9 Å². The van der Waals surface area contributed by atoms with E-state index in [9.17, 15) is 9.90 Å². The lowest BCUT2D eigenvalue weighted by atomic mass is 9.93. The quantitative estimate of drug-likeness (QED) is 0.848. The van der Waals surface area contributed by atoms with Crippen molar-refractivity contribution in [3.8, 4) is 5.75 Å². The number of hydrogen-bond acceptors (Lipinski definition) is 4. The number of aryl methyl sites for hydroxylation is 1. The van der Waals surface area contributed by atoms with Gasteiger partial charge in [0.05, 0.1) is 25.3 Å². The van der Waals surface area contributed by atoms with Gasteiger partial charge in [0.25, 0.3) is 5.91 Å². The lowest BCUT2D eigenvalue weighted by Gasteiger charge is -2.36. The van der Waals surface area contributed by atoms with Crippen molar-refractivity contribution in [1.29, 1.82) is 0 Å². The minimum atomic E-state index is -0.251. The van der Waals surface area contributed by atoms with Gasteiger partial charge in [-0.2, -0.15) is 0 Å². The molecule has 5 heteroatoms. The van der Waals surface area contributed by atoms with Crippen LogP contribution in [-0.2, 0) is 13.0 Å². The van der Waals surface area contributed by atoms with Crippen molar-refractivity contribution < 1.29 is 14.6 Å². The molecule has 2 aromatic carbocycles. The number of nitrogens with two attached hydrogens (primary N) is 1. The van der Waals surface area contributed by atoms with Crippen molar-refractivity contribution in [1.82, 2.24) is 4.90 Å². The molecule has 0 saturated heterocycles. The molecule has 5 nitrogen and oxygen atoms in total. The van der Waals surface area contributed by atoms with Gasteiger partial charge < -0.3 is 20.5 Å². The fourth-order valence-corrected chi connectivity index (χ4v) is 3.26. The van der Waals surface area contributed by atoms with Crippen molar-refractivity contribution in [3.63, 3.8) is 0 Å². The first-order valence-corrected chi connectivity index (χ1v) is 7.98. The number of nitrogens with zero attached hydrogens (tertiary/aromatic N) is 1. The number of aliphatic hydroxyl groups excluding tert-OH is 1. The summed E-state index contributed by atoms with van der Waals surface area (Å²) >= 11 is 0. The fraction of sp³-hybridized carbons (Fsp3) is 0.316. The Bertz CT molecular complexity index is 773. The predicted octanol–water partition coefficient (Wildman–Crippen LogP) is 2.15. The van der Waals surface area contributed by atoms with Crippen LogP contribution in [0.25, 0.3) is 0 Å². The number of ether oxygens (including phenoxy) is 1. The molecule has 0 spiro atoms. The molecule has 1 aliphatic rings. The summed E-state index contributed by atoms with van der Waals surface area (Å²) in [6.07, 6.45) is 0.640. The van der Waals surface area contributed by atoms with Gasteiger partial charge in [0.1, 0.15) is 5.75 Å². The van der Waals surface area contributed by atoms with Crippen LogP contribution in [0.5, 0.6) is 5.75 Å². The second kappa shape index (κ2) is 6.53. The van der Waals surface area contributed by atoms with E-state index in [0.29, 0.717) is 30.0 Å². The van der Waals surface area contributed by atoms with E-state index in [1.165, 1.54) is 5.56 Å². The summed E-state index contributed by atoms with van der Waals surface area (Å²) in [5, 5.41) is 9.75. The number of amides is 1. The Morgan fingerprint density at radius 1 is 1.33 bits per heavy atom. The van der Waals surface area contributed by atoms with Gasteiger partial charge in [-0.3, -0.25) is 4.79 Å². The van der Waals surface area contributed by atoms with E-state index in [0.717, 1.165) is 11.1 Å². The van der Waals surface area contributed by atoms with E-state index < -0.39 is 0 Å². The Morgan fingerprint density at radius 2 is 2.04 bits per heavy atom. The Kier molecular flexibility index (Phi) is 4.44. The summed E-state index contributed by atoms with van der Waals surface area (Å²) in [4.78, 5) is 14.8. The summed E-state index contributed by atoms with van der Waals surface area (Å²) in [5.74, 6) is 0.449. The van der Waals surface area contributed by atoms with Crippen LogP contribution in [0.4, 0.5) is 5.69 Å². The van der Waals surface area contributed by atoms with Crippen LogP contribution in [0, 0.1) is 6.92 Å². The normalized spacial score (nSPS) is 16.6. The highest BCUT2D eigenvalue weighted by Crippen LogP contribution is 2.29. The molecule has 1 atom stereocenters. The highest BCUT2D eigenvalue weighted by molar-refractivity contribution is 6.00. The number of carbonyl (C=O) groups excluding carboxylic acids is 1. The summed E-state index contributed by atoms with van der Waals surface area (Å²) in [6, 6.07) is 11.2. The second-order valence-corrected chi connectivity index (χ2v) is 6.15. The fourth-order valence-electron chi connectivity index (χ4n) is 3.26. The molecule has 0 fully saturated rings. The average Bonchev–Trinajstić information content (AvgIpc) is 2.60. The summed E-state index contributed by atoms with van der Waals surface area (Å²) in [7, 11) is 1.57. The highest BCUT2D eigenvalue weighted by atomic mass is 16.5. The van der Waals surface area contributed by atoms with Gasteiger partial charge in [0, 0.05) is 12.2 Å². The number of anilines is 1. The van der Waals surface area contributed by atoms with E-state index in [1.807, 2.05) is 31.2 Å². The van der Waals surface area contributed by atoms with Crippen LogP contribution >= 0.6 is 0 Å². The molecule has 24 heavy (non-hydrogen) atoms. The third-order valence-corrected chi connectivity index (χ3v) is 4.62. The number of benzene rings is 2. The Labute approximate surface area is 141 Å². The predicted molar refractivity (Wildman–Crippen MR) is 93.0 cm³/mol. The van der Waals surface area contributed by atoms with Crippen LogP contribution in [0.1, 0.15) is 27.0 Å². The van der Waals surface area contributed by atoms with Crippen LogP contribution in [0.15, 0.2) is 36.4 Å². The summed E-state index contributed by atoms with van der Waals surface area (Å²) in [6.45, 7) is 2.27. The minimum absolute atomic E-state index is 0.0804. The van der Waals surface area contributed by atoms with Crippen LogP contribution in [0.3, 0.4) is 0 Å². The Hall–Kier alpha value is -2.53. The number of hydrogen-bond donors (Lipinski definition) is 2. The zero-order valence-electron chi connectivity index (χ0n) is 14.0. The van der Waals surface area contributed by atoms with Crippen LogP contribution < -0.4 is 10.5 Å². The summed E-state index contributed by atoms with van der Waals surface area (Å²) < 4.78 is 5.31. The number of fused-ring (bicyclic) bond motifs is 1. The van der Waals surface area contributed by atoms with Gasteiger partial charge in [0.2, 0.25) is 0 Å². The molecule has 3 N–H and O–H groups in total. The van der Waals surface area contributed by atoms with E-state index in [-0.39, 0.29) is 18.6 Å². The number of aliphatic hydroxyl groups is 1. The number of rotatable bonds is 3. The first-order chi connectivity index (χ1) is 11.5. The largest absolute Gasteiger partial charge is 0.496 e. The maximum absolute atomic E-state index is 13.1. The molecule has 3 rings (SSSR count). The standard InChI is InChI=1S/C19H22N2O3/c1-12-7-17(20)16(9-18(12)24-2)19(23)21-10-14-6-4-3-5-13(14)8-15(21)11-22/h3-7,9,15,22H,8,10-11,20H2,1-2H3/t15-/m0/s1. The zero-order valence-corrected chi connectivity index (χ0v) is 14.0. The molecule has 0 unspecified atom stereocenters. The minimum Gasteiger partial charge on any atom is -0.496 e. The molecule has 0 radical (unpaired) electrons. The van der Waals surface area contributed by atoms with Crippen LogP contribution in [-0.4, -0.2) is 35.7 Å². The summed E-state index contributed by atoms with van der Waals surface area (Å²) in [5.41, 5.74) is 10.1. The maximum atomic E-state index is 13.1. The SMILES string of the molecule is COc1cc(C(=O)N2Cc3ccccc3C[C@H]2CO)c(N)cc1C. The Balaban J connectivity index is 1.97. The molecule has 0 bridgehead atoms. The van der Waals surface area contributed by atoms with E-state index >= 15 is 0 Å². The molecule has 2 aromatic rings. The molecule has 0 saturated carbocycles. The smallest absolute Gasteiger partial charge is 0.256 e. The number of methoxy groups -OCH3 is 1. The molecule has 0 aromatic heterocycles. The molecule has 1 heterocycles. The van der Waals surface area contributed by atoms with Gasteiger partial charge in [-0.05, 0) is 42.2 Å². The number of carbonyl (C=O) groups is 1. The topological polar surface area (TPSA) is 75.8 Å². The van der Waals surface area contributed by atoms with E-state index in [4.69, 9.17) is 10.5 Å². The molecular formula is C19H22N2O3. The van der Waals surface area contributed by atoms with Gasteiger partial charge in [-0.25, -0.2) is 0 Å². The van der Waals surface area contributed by atoms with Crippen molar-refractivity contribution in [2.75, 3.05) is 19.5 Å². The van der Waals surface area contributed by atoms with Gasteiger partial charge in [-0.1, -0.05) is 24.3 Å². The molecule has 1 amide bonds. The Morgan fingerprint density at radius 3 is 2.71 bits per heavy atom. The highest BCUT2D eigenvalue weighted by Gasteiger charge is 2.31. The lowest BCUT2D eigenvalue weighted by molar-refractivity contribution is 0.0545. The zero-order chi connectivity index (χ0) is 17.3. The monoisotopic (exact) mass is 326 g/mol. The molecule has 126 valence electrons. The van der Waals surface area contributed by atoms with Crippen molar-refractivity contribution in [3.05, 3.63) is 58.7 Å². The van der Waals surface area contributed by atoms with E-state index in [1.54, 1.807) is 24.1 Å². The maximum Gasteiger partial charge on any atom is 0.256 e. The van der Waals surface area contributed by atoms with Gasteiger partial charge >= 0.3 is 0 Å². The second-order valence-electron chi connectivity index (χ2n) is 6.15. The molecule has 0 aliphatic carbocycles. The lowest BCUT2D eigenvalue weighted by Crippen LogP contribution is -2.46. The molecular weight excluding hydrogens is 304 g/mol. The average molecular weight is 326 g/mol. The first-order valence-electron chi connectivity index (χ1n) is 7.98. The first kappa shape index (κ1) is 16.3. The van der Waals surface area contributed by atoms with Crippen molar-refractivity contribution >= 4 is 11.6 Å². The van der Waals surface area contributed by atoms with Gasteiger partial charge in [0.15, 0.2) is 0 Å². The number of nitrogen functional groups attached to an aromatic ring is 1.